The number of rotatable bonds is 2. The summed E-state index contributed by atoms with van der Waals surface area (Å²) in [7, 11) is 0. The van der Waals surface area contributed by atoms with Gasteiger partial charge in [0, 0.05) is 26.2 Å². The number of amides is 1. The van der Waals surface area contributed by atoms with Gasteiger partial charge >= 0.3 is 0 Å². The van der Waals surface area contributed by atoms with Gasteiger partial charge in [-0.25, -0.2) is 0 Å². The quantitative estimate of drug-likeness (QED) is 0.851. The maximum atomic E-state index is 13.2. The molecule has 0 aromatic heterocycles. The minimum Gasteiger partial charge on any atom is -0.339 e. The maximum Gasteiger partial charge on any atom is 0.234 e. The molecule has 0 saturated carbocycles. The van der Waals surface area contributed by atoms with Crippen molar-refractivity contribution in [3.05, 3.63) is 59.7 Å². The molecule has 1 aliphatic heterocycles. The standard InChI is InChI=1S/C20H22N2O/c1-2-21-11-13-22(14-12-21)20(23)19-17-9-5-3-7-15(17)16-8-4-6-10-18(16)19/h3-10,19H,2,11-14H2,1H3. The zero-order chi connectivity index (χ0) is 15.8. The van der Waals surface area contributed by atoms with Crippen molar-refractivity contribution in [2.24, 2.45) is 0 Å². The summed E-state index contributed by atoms with van der Waals surface area (Å²) >= 11 is 0. The Morgan fingerprint density at radius 2 is 1.43 bits per heavy atom. The van der Waals surface area contributed by atoms with Crippen molar-refractivity contribution in [1.82, 2.24) is 9.80 Å². The average molecular weight is 306 g/mol. The van der Waals surface area contributed by atoms with Crippen molar-refractivity contribution in [1.29, 1.82) is 0 Å². The SMILES string of the molecule is CCN1CCN(C(=O)C2c3ccccc3-c3ccccc32)CC1. The van der Waals surface area contributed by atoms with Gasteiger partial charge in [0.2, 0.25) is 5.91 Å². The fourth-order valence-corrected chi connectivity index (χ4v) is 3.89. The van der Waals surface area contributed by atoms with Gasteiger partial charge in [0.05, 0.1) is 5.92 Å². The summed E-state index contributed by atoms with van der Waals surface area (Å²) in [6.45, 7) is 6.90. The van der Waals surface area contributed by atoms with Crippen molar-refractivity contribution >= 4 is 5.91 Å². The number of benzene rings is 2. The molecule has 1 heterocycles. The van der Waals surface area contributed by atoms with Gasteiger partial charge in [-0.1, -0.05) is 55.5 Å². The van der Waals surface area contributed by atoms with Gasteiger partial charge in [-0.15, -0.1) is 0 Å². The Bertz CT molecular complexity index is 686. The molecule has 1 amide bonds. The van der Waals surface area contributed by atoms with Crippen molar-refractivity contribution < 1.29 is 4.79 Å². The van der Waals surface area contributed by atoms with Crippen molar-refractivity contribution in [3.8, 4) is 11.1 Å². The summed E-state index contributed by atoms with van der Waals surface area (Å²) in [6, 6.07) is 16.7. The lowest BCUT2D eigenvalue weighted by molar-refractivity contribution is -0.133. The van der Waals surface area contributed by atoms with E-state index in [1.807, 2.05) is 12.1 Å². The fourth-order valence-electron chi connectivity index (χ4n) is 3.89. The molecule has 4 rings (SSSR count). The lowest BCUT2D eigenvalue weighted by atomic mass is 9.95. The summed E-state index contributed by atoms with van der Waals surface area (Å²) in [5, 5.41) is 0. The number of hydrogen-bond donors (Lipinski definition) is 0. The van der Waals surface area contributed by atoms with E-state index < -0.39 is 0 Å². The topological polar surface area (TPSA) is 23.6 Å². The number of piperazine rings is 1. The predicted molar refractivity (Wildman–Crippen MR) is 92.4 cm³/mol. The molecule has 0 atom stereocenters. The fraction of sp³-hybridized carbons (Fsp3) is 0.350. The number of fused-ring (bicyclic) bond motifs is 3. The van der Waals surface area contributed by atoms with Crippen LogP contribution in [0.1, 0.15) is 24.0 Å². The van der Waals surface area contributed by atoms with E-state index in [1.54, 1.807) is 0 Å². The molecule has 0 radical (unpaired) electrons. The van der Waals surface area contributed by atoms with Crippen LogP contribution in [-0.4, -0.2) is 48.4 Å². The number of carbonyl (C=O) groups is 1. The largest absolute Gasteiger partial charge is 0.339 e. The highest BCUT2D eigenvalue weighted by atomic mass is 16.2. The molecular weight excluding hydrogens is 284 g/mol. The second-order valence-electron chi connectivity index (χ2n) is 6.37. The zero-order valence-corrected chi connectivity index (χ0v) is 13.5. The van der Waals surface area contributed by atoms with E-state index in [9.17, 15) is 4.79 Å². The second kappa shape index (κ2) is 5.82. The third-order valence-corrected chi connectivity index (χ3v) is 5.21. The molecule has 0 unspecified atom stereocenters. The van der Waals surface area contributed by atoms with E-state index in [0.717, 1.165) is 43.9 Å². The third kappa shape index (κ3) is 2.36. The van der Waals surface area contributed by atoms with Crippen LogP contribution in [0.5, 0.6) is 0 Å². The van der Waals surface area contributed by atoms with Gasteiger partial charge < -0.3 is 9.80 Å². The minimum atomic E-state index is -0.129. The van der Waals surface area contributed by atoms with E-state index in [-0.39, 0.29) is 11.8 Å². The highest BCUT2D eigenvalue weighted by molar-refractivity contribution is 5.96. The number of hydrogen-bond acceptors (Lipinski definition) is 2. The maximum absolute atomic E-state index is 13.2. The molecule has 1 aliphatic carbocycles. The van der Waals surface area contributed by atoms with Crippen LogP contribution in [-0.2, 0) is 4.79 Å². The van der Waals surface area contributed by atoms with E-state index in [2.05, 4.69) is 53.1 Å². The van der Waals surface area contributed by atoms with Crippen LogP contribution < -0.4 is 0 Å². The summed E-state index contributed by atoms with van der Waals surface area (Å²) in [5.74, 6) is 0.133. The molecule has 2 aromatic rings. The molecule has 0 bridgehead atoms. The third-order valence-electron chi connectivity index (χ3n) is 5.21. The molecule has 118 valence electrons. The first kappa shape index (κ1) is 14.5. The Kier molecular flexibility index (Phi) is 3.66. The van der Waals surface area contributed by atoms with Gasteiger partial charge in [-0.05, 0) is 28.8 Å². The minimum absolute atomic E-state index is 0.129. The van der Waals surface area contributed by atoms with Crippen LogP contribution in [0.15, 0.2) is 48.5 Å². The van der Waals surface area contributed by atoms with Crippen molar-refractivity contribution in [2.45, 2.75) is 12.8 Å². The number of carbonyl (C=O) groups excluding carboxylic acids is 1. The molecule has 3 heteroatoms. The average Bonchev–Trinajstić information content (AvgIpc) is 2.96. The van der Waals surface area contributed by atoms with Crippen molar-refractivity contribution in [2.75, 3.05) is 32.7 Å². The van der Waals surface area contributed by atoms with Gasteiger partial charge in [-0.2, -0.15) is 0 Å². The van der Waals surface area contributed by atoms with Gasteiger partial charge in [0.15, 0.2) is 0 Å². The van der Waals surface area contributed by atoms with Crippen LogP contribution in [0.2, 0.25) is 0 Å². The molecule has 2 aromatic carbocycles. The van der Waals surface area contributed by atoms with Crippen molar-refractivity contribution in [3.63, 3.8) is 0 Å². The molecule has 0 N–H and O–H groups in total. The zero-order valence-electron chi connectivity index (χ0n) is 13.5. The first-order chi connectivity index (χ1) is 11.3. The Morgan fingerprint density at radius 3 is 1.96 bits per heavy atom. The highest BCUT2D eigenvalue weighted by Gasteiger charge is 2.36. The Balaban J connectivity index is 1.67. The van der Waals surface area contributed by atoms with Crippen LogP contribution in [0, 0.1) is 0 Å². The normalized spacial score (nSPS) is 17.9. The number of nitrogens with zero attached hydrogens (tertiary/aromatic N) is 2. The lowest BCUT2D eigenvalue weighted by Crippen LogP contribution is -2.49. The van der Waals surface area contributed by atoms with E-state index in [0.29, 0.717) is 0 Å². The summed E-state index contributed by atoms with van der Waals surface area (Å²) in [5.41, 5.74) is 4.76. The van der Waals surface area contributed by atoms with E-state index in [1.165, 1.54) is 11.1 Å². The molecule has 2 aliphatic rings. The van der Waals surface area contributed by atoms with Crippen LogP contribution in [0.25, 0.3) is 11.1 Å². The van der Waals surface area contributed by atoms with Gasteiger partial charge in [0.1, 0.15) is 0 Å². The van der Waals surface area contributed by atoms with Gasteiger partial charge in [0.25, 0.3) is 0 Å². The summed E-state index contributed by atoms with van der Waals surface area (Å²) in [4.78, 5) is 17.7. The Labute approximate surface area is 137 Å². The Hall–Kier alpha value is -2.13. The smallest absolute Gasteiger partial charge is 0.234 e. The molecule has 1 saturated heterocycles. The Morgan fingerprint density at radius 1 is 0.913 bits per heavy atom. The number of likely N-dealkylation sites (N-methyl/N-ethyl adjacent to an activating group) is 1. The van der Waals surface area contributed by atoms with Crippen LogP contribution in [0.4, 0.5) is 0 Å². The molecule has 3 nitrogen and oxygen atoms in total. The van der Waals surface area contributed by atoms with E-state index in [4.69, 9.17) is 0 Å². The monoisotopic (exact) mass is 306 g/mol. The first-order valence-corrected chi connectivity index (χ1v) is 8.49. The van der Waals surface area contributed by atoms with Crippen LogP contribution >= 0.6 is 0 Å². The highest BCUT2D eigenvalue weighted by Crippen LogP contribution is 2.45. The van der Waals surface area contributed by atoms with Crippen LogP contribution in [0.3, 0.4) is 0 Å². The van der Waals surface area contributed by atoms with E-state index >= 15 is 0 Å². The molecular formula is C20H22N2O. The molecule has 0 spiro atoms. The lowest BCUT2D eigenvalue weighted by Gasteiger charge is -2.35. The summed E-state index contributed by atoms with van der Waals surface area (Å²) in [6.07, 6.45) is 0. The first-order valence-electron chi connectivity index (χ1n) is 8.49. The van der Waals surface area contributed by atoms with Gasteiger partial charge in [-0.3, -0.25) is 4.79 Å². The predicted octanol–water partition coefficient (Wildman–Crippen LogP) is 2.96. The summed E-state index contributed by atoms with van der Waals surface area (Å²) < 4.78 is 0. The second-order valence-corrected chi connectivity index (χ2v) is 6.37. The molecule has 23 heavy (non-hydrogen) atoms. The molecule has 1 fully saturated rings.